The van der Waals surface area contributed by atoms with E-state index in [9.17, 15) is 9.90 Å². The average molecular weight is 230 g/mol. The minimum Gasteiger partial charge on any atom is -0.506 e. The number of phenols is 1. The van der Waals surface area contributed by atoms with Crippen LogP contribution in [0.2, 0.25) is 0 Å². The van der Waals surface area contributed by atoms with Crippen molar-refractivity contribution >= 4 is 29.5 Å². The monoisotopic (exact) mass is 230 g/mol. The minimum atomic E-state index is -1.02. The molecule has 0 spiro atoms. The van der Waals surface area contributed by atoms with E-state index in [1.807, 2.05) is 6.26 Å². The predicted octanol–water partition coefficient (Wildman–Crippen LogP) is 2.53. The number of aromatic carboxylic acids is 1. The van der Waals surface area contributed by atoms with Crippen molar-refractivity contribution in [2.45, 2.75) is 9.79 Å². The zero-order valence-corrected chi connectivity index (χ0v) is 9.41. The van der Waals surface area contributed by atoms with Gasteiger partial charge in [0.15, 0.2) is 0 Å². The van der Waals surface area contributed by atoms with E-state index < -0.39 is 5.97 Å². The van der Waals surface area contributed by atoms with Crippen LogP contribution in [-0.2, 0) is 0 Å². The van der Waals surface area contributed by atoms with Gasteiger partial charge in [-0.1, -0.05) is 0 Å². The number of benzene rings is 1. The number of rotatable bonds is 3. The van der Waals surface area contributed by atoms with Crippen molar-refractivity contribution in [3.63, 3.8) is 0 Å². The van der Waals surface area contributed by atoms with Crippen LogP contribution in [0.15, 0.2) is 21.9 Å². The van der Waals surface area contributed by atoms with Gasteiger partial charge >= 0.3 is 5.97 Å². The highest BCUT2D eigenvalue weighted by molar-refractivity contribution is 7.99. The molecule has 1 rings (SSSR count). The van der Waals surface area contributed by atoms with E-state index in [4.69, 9.17) is 5.11 Å². The van der Waals surface area contributed by atoms with Gasteiger partial charge in [0.05, 0.1) is 15.4 Å². The second kappa shape index (κ2) is 4.61. The van der Waals surface area contributed by atoms with Crippen LogP contribution < -0.4 is 0 Å². The van der Waals surface area contributed by atoms with Gasteiger partial charge in [0.2, 0.25) is 0 Å². The zero-order chi connectivity index (χ0) is 10.7. The first kappa shape index (κ1) is 11.3. The van der Waals surface area contributed by atoms with Crippen molar-refractivity contribution in [1.29, 1.82) is 0 Å². The normalized spacial score (nSPS) is 10.1. The van der Waals surface area contributed by atoms with Crippen molar-refractivity contribution in [3.8, 4) is 5.75 Å². The summed E-state index contributed by atoms with van der Waals surface area (Å²) in [4.78, 5) is 11.9. The molecule has 0 atom stereocenters. The Kier molecular flexibility index (Phi) is 3.71. The second-order valence-corrected chi connectivity index (χ2v) is 4.17. The van der Waals surface area contributed by atoms with E-state index in [1.165, 1.54) is 29.6 Å². The third-order valence-electron chi connectivity index (χ3n) is 1.75. The van der Waals surface area contributed by atoms with Gasteiger partial charge in [-0.3, -0.25) is 0 Å². The lowest BCUT2D eigenvalue weighted by Gasteiger charge is -2.08. The fraction of sp³-hybridized carbons (Fsp3) is 0.222. The Morgan fingerprint density at radius 1 is 1.29 bits per heavy atom. The number of carboxylic acids is 1. The van der Waals surface area contributed by atoms with Crippen LogP contribution in [0.25, 0.3) is 0 Å². The molecule has 14 heavy (non-hydrogen) atoms. The van der Waals surface area contributed by atoms with E-state index in [1.54, 1.807) is 12.3 Å². The molecule has 0 aromatic heterocycles. The summed E-state index contributed by atoms with van der Waals surface area (Å²) in [5, 5.41) is 18.6. The Morgan fingerprint density at radius 3 is 2.36 bits per heavy atom. The number of carboxylic acid groups (broad SMARTS) is 1. The molecule has 0 aliphatic rings. The maximum absolute atomic E-state index is 10.8. The number of thioether (sulfide) groups is 2. The Labute approximate surface area is 90.5 Å². The molecule has 5 heteroatoms. The fourth-order valence-corrected chi connectivity index (χ4v) is 2.34. The lowest BCUT2D eigenvalue weighted by atomic mass is 10.2. The number of aromatic hydroxyl groups is 1. The van der Waals surface area contributed by atoms with Gasteiger partial charge in [-0.15, -0.1) is 23.5 Å². The maximum atomic E-state index is 10.8. The van der Waals surface area contributed by atoms with Crippen molar-refractivity contribution < 1.29 is 15.0 Å². The molecule has 3 nitrogen and oxygen atoms in total. The van der Waals surface area contributed by atoms with Crippen LogP contribution in [0.3, 0.4) is 0 Å². The molecule has 0 heterocycles. The maximum Gasteiger partial charge on any atom is 0.336 e. The first-order valence-electron chi connectivity index (χ1n) is 3.79. The summed E-state index contributed by atoms with van der Waals surface area (Å²) in [7, 11) is 0. The fourth-order valence-electron chi connectivity index (χ4n) is 1.09. The molecular formula is C9H10O3S2. The first-order chi connectivity index (χ1) is 6.61. The van der Waals surface area contributed by atoms with Crippen molar-refractivity contribution in [3.05, 3.63) is 17.7 Å². The van der Waals surface area contributed by atoms with Crippen molar-refractivity contribution in [2.24, 2.45) is 0 Å². The van der Waals surface area contributed by atoms with Crippen LogP contribution >= 0.6 is 23.5 Å². The van der Waals surface area contributed by atoms with Gasteiger partial charge in [-0.25, -0.2) is 4.79 Å². The summed E-state index contributed by atoms with van der Waals surface area (Å²) in [6.45, 7) is 0. The summed E-state index contributed by atoms with van der Waals surface area (Å²) in [6.07, 6.45) is 3.57. The average Bonchev–Trinajstić information content (AvgIpc) is 2.17. The Hall–Kier alpha value is -0.810. The van der Waals surface area contributed by atoms with Crippen molar-refractivity contribution in [1.82, 2.24) is 0 Å². The number of hydrogen-bond donors (Lipinski definition) is 2. The molecule has 2 N–H and O–H groups in total. The molecule has 0 unspecified atom stereocenters. The minimum absolute atomic E-state index is 0.0601. The molecule has 0 bridgehead atoms. The lowest BCUT2D eigenvalue weighted by Crippen LogP contribution is -1.99. The Balaban J connectivity index is 3.35. The van der Waals surface area contributed by atoms with E-state index in [2.05, 4.69) is 0 Å². The summed E-state index contributed by atoms with van der Waals surface area (Å²) >= 11 is 2.62. The highest BCUT2D eigenvalue weighted by atomic mass is 32.2. The van der Waals surface area contributed by atoms with Gasteiger partial charge in [0.25, 0.3) is 0 Å². The first-order valence-corrected chi connectivity index (χ1v) is 6.24. The summed E-state index contributed by atoms with van der Waals surface area (Å²) in [5.41, 5.74) is 0.146. The molecule has 76 valence electrons. The predicted molar refractivity (Wildman–Crippen MR) is 58.6 cm³/mol. The van der Waals surface area contributed by atoms with E-state index in [0.29, 0.717) is 9.79 Å². The molecular weight excluding hydrogens is 220 g/mol. The molecule has 0 saturated heterocycles. The number of phenolic OH excluding ortho intramolecular Hbond substituents is 1. The van der Waals surface area contributed by atoms with Crippen LogP contribution in [0.5, 0.6) is 5.75 Å². The molecule has 0 amide bonds. The van der Waals surface area contributed by atoms with Crippen molar-refractivity contribution in [2.75, 3.05) is 12.5 Å². The summed E-state index contributed by atoms with van der Waals surface area (Å²) in [5.74, 6) is -0.956. The van der Waals surface area contributed by atoms with Gasteiger partial charge < -0.3 is 10.2 Å². The number of hydrogen-bond acceptors (Lipinski definition) is 4. The highest BCUT2D eigenvalue weighted by Crippen LogP contribution is 2.37. The van der Waals surface area contributed by atoms with Gasteiger partial charge in [-0.2, -0.15) is 0 Å². The molecule has 1 aromatic rings. The molecule has 0 aliphatic carbocycles. The number of carbonyl (C=O) groups is 1. The SMILES string of the molecule is CSc1ccc(C(=O)O)c(SC)c1O. The second-order valence-electron chi connectivity index (χ2n) is 2.50. The van der Waals surface area contributed by atoms with E-state index >= 15 is 0 Å². The third kappa shape index (κ3) is 1.99. The van der Waals surface area contributed by atoms with E-state index in [0.717, 1.165) is 0 Å². The van der Waals surface area contributed by atoms with Gasteiger partial charge in [0, 0.05) is 0 Å². The quantitative estimate of drug-likeness (QED) is 0.781. The largest absolute Gasteiger partial charge is 0.506 e. The van der Waals surface area contributed by atoms with Crippen LogP contribution in [0.1, 0.15) is 10.4 Å². The van der Waals surface area contributed by atoms with Crippen LogP contribution in [0.4, 0.5) is 0 Å². The highest BCUT2D eigenvalue weighted by Gasteiger charge is 2.15. The van der Waals surface area contributed by atoms with Crippen LogP contribution in [0, 0.1) is 0 Å². The Bertz CT molecular complexity index is 363. The van der Waals surface area contributed by atoms with E-state index in [-0.39, 0.29) is 11.3 Å². The lowest BCUT2D eigenvalue weighted by molar-refractivity contribution is 0.0692. The van der Waals surface area contributed by atoms with Crippen LogP contribution in [-0.4, -0.2) is 28.7 Å². The molecule has 0 aliphatic heterocycles. The van der Waals surface area contributed by atoms with Gasteiger partial charge in [0.1, 0.15) is 5.75 Å². The summed E-state index contributed by atoms with van der Waals surface area (Å²) < 4.78 is 0. The van der Waals surface area contributed by atoms with Gasteiger partial charge in [-0.05, 0) is 24.6 Å². The zero-order valence-electron chi connectivity index (χ0n) is 7.77. The molecule has 0 radical (unpaired) electrons. The molecule has 0 saturated carbocycles. The molecule has 0 fully saturated rings. The molecule has 1 aromatic carbocycles. The third-order valence-corrected chi connectivity index (χ3v) is 3.34. The summed E-state index contributed by atoms with van der Waals surface area (Å²) in [6, 6.07) is 3.13. The standard InChI is InChI=1S/C9H10O3S2/c1-13-6-4-3-5(9(11)12)8(14-2)7(6)10/h3-4,10H,1-2H3,(H,11,12). The smallest absolute Gasteiger partial charge is 0.336 e. The topological polar surface area (TPSA) is 57.5 Å². The Morgan fingerprint density at radius 2 is 1.93 bits per heavy atom.